The van der Waals surface area contributed by atoms with Crippen molar-refractivity contribution in [2.45, 2.75) is 38.7 Å². The summed E-state index contributed by atoms with van der Waals surface area (Å²) in [4.78, 5) is 0. The zero-order valence-corrected chi connectivity index (χ0v) is 10.3. The minimum atomic E-state index is -0.611. The van der Waals surface area contributed by atoms with Crippen LogP contribution in [0.15, 0.2) is 16.8 Å². The molecule has 1 heterocycles. The topological polar surface area (TPSA) is 44.0 Å². The number of hydrogen-bond donors (Lipinski definition) is 1. The maximum absolute atomic E-state index is 10.4. The molecule has 0 bridgehead atoms. The fraction of sp³-hybridized carbons (Fsp3) is 0.615. The van der Waals surface area contributed by atoms with Crippen LogP contribution in [0.2, 0.25) is 0 Å². The van der Waals surface area contributed by atoms with Crippen LogP contribution in [0.1, 0.15) is 44.3 Å². The Morgan fingerprint density at radius 3 is 3.06 bits per heavy atom. The van der Waals surface area contributed by atoms with E-state index < -0.39 is 11.5 Å². The first kappa shape index (κ1) is 11.6. The van der Waals surface area contributed by atoms with Crippen molar-refractivity contribution in [1.29, 1.82) is 5.26 Å². The summed E-state index contributed by atoms with van der Waals surface area (Å²) in [6.45, 7) is 2.16. The Morgan fingerprint density at radius 2 is 2.56 bits per heavy atom. The third kappa shape index (κ3) is 1.88. The lowest BCUT2D eigenvalue weighted by atomic mass is 9.78. The van der Waals surface area contributed by atoms with Crippen molar-refractivity contribution in [2.24, 2.45) is 11.3 Å². The first-order valence-electron chi connectivity index (χ1n) is 5.83. The molecule has 86 valence electrons. The van der Waals surface area contributed by atoms with Gasteiger partial charge in [0.25, 0.3) is 0 Å². The number of aliphatic hydroxyl groups excluding tert-OH is 1. The van der Waals surface area contributed by atoms with E-state index in [1.807, 2.05) is 16.8 Å². The smallest absolute Gasteiger partial charge is 0.0984 e. The average molecular weight is 235 g/mol. The summed E-state index contributed by atoms with van der Waals surface area (Å²) in [5.74, 6) is 0.605. The normalized spacial score (nSPS) is 31.2. The zero-order valence-electron chi connectivity index (χ0n) is 9.52. The molecule has 0 aromatic carbocycles. The number of thiophene rings is 1. The van der Waals surface area contributed by atoms with Gasteiger partial charge in [0.05, 0.1) is 17.6 Å². The molecule has 1 aromatic heterocycles. The molecule has 1 N–H and O–H groups in total. The van der Waals surface area contributed by atoms with E-state index in [-0.39, 0.29) is 0 Å². The van der Waals surface area contributed by atoms with Crippen molar-refractivity contribution >= 4 is 11.3 Å². The highest BCUT2D eigenvalue weighted by Crippen LogP contribution is 2.50. The van der Waals surface area contributed by atoms with Crippen molar-refractivity contribution in [1.82, 2.24) is 0 Å². The Morgan fingerprint density at radius 1 is 1.75 bits per heavy atom. The molecule has 1 saturated carbocycles. The number of aliphatic hydroxyl groups is 1. The molecule has 0 spiro atoms. The Hall–Kier alpha value is -0.850. The largest absolute Gasteiger partial charge is 0.387 e. The molecular weight excluding hydrogens is 218 g/mol. The molecule has 1 aliphatic rings. The minimum Gasteiger partial charge on any atom is -0.387 e. The quantitative estimate of drug-likeness (QED) is 0.871. The van der Waals surface area contributed by atoms with E-state index >= 15 is 0 Å². The van der Waals surface area contributed by atoms with Crippen LogP contribution in [0, 0.1) is 22.7 Å². The van der Waals surface area contributed by atoms with Gasteiger partial charge < -0.3 is 5.11 Å². The molecule has 3 heteroatoms. The minimum absolute atomic E-state index is 0.540. The first-order chi connectivity index (χ1) is 7.72. The Labute approximate surface area is 101 Å². The van der Waals surface area contributed by atoms with Crippen LogP contribution in [0.3, 0.4) is 0 Å². The fourth-order valence-corrected chi connectivity index (χ4v) is 3.37. The second-order valence-corrected chi connectivity index (χ2v) is 5.52. The number of hydrogen-bond acceptors (Lipinski definition) is 3. The summed E-state index contributed by atoms with van der Waals surface area (Å²) < 4.78 is 0. The summed E-state index contributed by atoms with van der Waals surface area (Å²) in [5, 5.41) is 23.7. The van der Waals surface area contributed by atoms with Crippen LogP contribution in [-0.4, -0.2) is 5.11 Å². The van der Waals surface area contributed by atoms with Gasteiger partial charge in [-0.05, 0) is 47.6 Å². The lowest BCUT2D eigenvalue weighted by Crippen LogP contribution is -2.24. The van der Waals surface area contributed by atoms with Crippen molar-refractivity contribution < 1.29 is 5.11 Å². The second kappa shape index (κ2) is 4.57. The van der Waals surface area contributed by atoms with Crippen LogP contribution in [-0.2, 0) is 0 Å². The molecule has 3 atom stereocenters. The lowest BCUT2D eigenvalue weighted by Gasteiger charge is -2.26. The molecular formula is C13H17NOS. The molecule has 2 nitrogen and oxygen atoms in total. The first-order valence-corrected chi connectivity index (χ1v) is 6.77. The monoisotopic (exact) mass is 235 g/mol. The Balaban J connectivity index is 2.20. The van der Waals surface area contributed by atoms with Crippen molar-refractivity contribution in [3.63, 3.8) is 0 Å². The standard InChI is InChI=1S/C13H17NOS/c1-2-10-3-5-13(7-10,9-14)12(15)11-4-6-16-8-11/h4,6,8,10,12,15H,2-3,5,7H2,1H3. The van der Waals surface area contributed by atoms with Gasteiger partial charge in [-0.15, -0.1) is 0 Å². The number of nitrogens with zero attached hydrogens (tertiary/aromatic N) is 1. The van der Waals surface area contributed by atoms with E-state index in [0.29, 0.717) is 5.92 Å². The molecule has 1 aromatic rings. The zero-order chi connectivity index (χ0) is 11.6. The molecule has 16 heavy (non-hydrogen) atoms. The molecule has 0 radical (unpaired) electrons. The Kier molecular flexibility index (Phi) is 3.32. The average Bonchev–Trinajstić information content (AvgIpc) is 2.98. The van der Waals surface area contributed by atoms with Crippen LogP contribution in [0.4, 0.5) is 0 Å². The van der Waals surface area contributed by atoms with E-state index in [2.05, 4.69) is 13.0 Å². The van der Waals surface area contributed by atoms with Gasteiger partial charge in [-0.25, -0.2) is 0 Å². The Bertz CT molecular complexity index is 381. The van der Waals surface area contributed by atoms with E-state index in [1.54, 1.807) is 11.3 Å². The van der Waals surface area contributed by atoms with E-state index in [4.69, 9.17) is 0 Å². The summed E-state index contributed by atoms with van der Waals surface area (Å²) in [6.07, 6.45) is 3.25. The second-order valence-electron chi connectivity index (χ2n) is 4.74. The van der Waals surface area contributed by atoms with Gasteiger partial charge >= 0.3 is 0 Å². The highest BCUT2D eigenvalue weighted by Gasteiger charge is 2.45. The molecule has 0 amide bonds. The summed E-state index contributed by atoms with van der Waals surface area (Å²) in [5.41, 5.74) is 0.366. The van der Waals surface area contributed by atoms with Crippen molar-refractivity contribution in [3.05, 3.63) is 22.4 Å². The molecule has 3 unspecified atom stereocenters. The van der Waals surface area contributed by atoms with Crippen LogP contribution in [0.5, 0.6) is 0 Å². The third-order valence-corrected chi connectivity index (χ3v) is 4.54. The number of nitriles is 1. The number of rotatable bonds is 3. The SMILES string of the molecule is CCC1CCC(C#N)(C(O)c2ccsc2)C1. The van der Waals surface area contributed by atoms with E-state index in [9.17, 15) is 10.4 Å². The molecule has 1 aliphatic carbocycles. The maximum Gasteiger partial charge on any atom is 0.0984 e. The van der Waals surface area contributed by atoms with Gasteiger partial charge in [-0.1, -0.05) is 13.3 Å². The highest BCUT2D eigenvalue weighted by atomic mass is 32.1. The third-order valence-electron chi connectivity index (χ3n) is 3.83. The van der Waals surface area contributed by atoms with E-state index in [0.717, 1.165) is 31.2 Å². The van der Waals surface area contributed by atoms with Crippen LogP contribution in [0.25, 0.3) is 0 Å². The predicted octanol–water partition coefficient (Wildman–Crippen LogP) is 3.50. The van der Waals surface area contributed by atoms with Gasteiger partial charge in [-0.2, -0.15) is 16.6 Å². The predicted molar refractivity (Wildman–Crippen MR) is 65.0 cm³/mol. The van der Waals surface area contributed by atoms with Crippen LogP contribution < -0.4 is 0 Å². The van der Waals surface area contributed by atoms with Gasteiger partial charge in [-0.3, -0.25) is 0 Å². The van der Waals surface area contributed by atoms with Gasteiger partial charge in [0.15, 0.2) is 0 Å². The van der Waals surface area contributed by atoms with Crippen molar-refractivity contribution in [3.8, 4) is 6.07 Å². The van der Waals surface area contributed by atoms with Crippen LogP contribution >= 0.6 is 11.3 Å². The molecule has 2 rings (SSSR count). The molecule has 0 aliphatic heterocycles. The van der Waals surface area contributed by atoms with Gasteiger partial charge in [0.1, 0.15) is 0 Å². The lowest BCUT2D eigenvalue weighted by molar-refractivity contribution is 0.0644. The summed E-state index contributed by atoms with van der Waals surface area (Å²) in [7, 11) is 0. The molecule has 1 fully saturated rings. The fourth-order valence-electron chi connectivity index (χ4n) is 2.69. The summed E-state index contributed by atoms with van der Waals surface area (Å²) >= 11 is 1.57. The molecule has 0 saturated heterocycles. The van der Waals surface area contributed by atoms with Gasteiger partial charge in [0, 0.05) is 0 Å². The van der Waals surface area contributed by atoms with Crippen molar-refractivity contribution in [2.75, 3.05) is 0 Å². The highest BCUT2D eigenvalue weighted by molar-refractivity contribution is 7.07. The van der Waals surface area contributed by atoms with Gasteiger partial charge in [0.2, 0.25) is 0 Å². The summed E-state index contributed by atoms with van der Waals surface area (Å²) in [6, 6.07) is 4.31. The van der Waals surface area contributed by atoms with E-state index in [1.165, 1.54) is 0 Å². The maximum atomic E-state index is 10.4.